The largest absolute Gasteiger partial charge is 0.497 e. The number of hydrogen-bond acceptors (Lipinski definition) is 4. The summed E-state index contributed by atoms with van der Waals surface area (Å²) in [5.74, 6) is 1.67. The van der Waals surface area contributed by atoms with Crippen molar-refractivity contribution in [3.05, 3.63) is 59.2 Å². The standard InChI is InChI=1S/C20H26N2O2/c1-3-24-20-12-17(23-2)8-9-18(20)19(13-21)22-11-10-15-6-4-5-7-16(15)14-22/h4-9,12,19H,3,10-11,13-14,21H2,1-2H3. The number of benzene rings is 2. The molecule has 2 aromatic rings. The molecule has 1 atom stereocenters. The topological polar surface area (TPSA) is 47.7 Å². The smallest absolute Gasteiger partial charge is 0.127 e. The quantitative estimate of drug-likeness (QED) is 0.886. The first-order valence-electron chi connectivity index (χ1n) is 8.58. The van der Waals surface area contributed by atoms with Crippen molar-refractivity contribution in [1.29, 1.82) is 0 Å². The molecule has 1 heterocycles. The number of nitrogens with zero attached hydrogens (tertiary/aromatic N) is 1. The number of ether oxygens (including phenoxy) is 2. The Morgan fingerprint density at radius 1 is 1.17 bits per heavy atom. The van der Waals surface area contributed by atoms with Crippen molar-refractivity contribution in [3.8, 4) is 11.5 Å². The molecule has 0 saturated carbocycles. The van der Waals surface area contributed by atoms with Crippen molar-refractivity contribution in [3.63, 3.8) is 0 Å². The third-order valence-corrected chi connectivity index (χ3v) is 4.70. The molecule has 3 rings (SSSR count). The SMILES string of the molecule is CCOc1cc(OC)ccc1C(CN)N1CCc2ccccc2C1. The summed E-state index contributed by atoms with van der Waals surface area (Å²) in [6.45, 7) is 5.12. The van der Waals surface area contributed by atoms with Crippen molar-refractivity contribution < 1.29 is 9.47 Å². The van der Waals surface area contributed by atoms with E-state index in [0.29, 0.717) is 13.2 Å². The molecule has 0 spiro atoms. The fourth-order valence-corrected chi connectivity index (χ4v) is 3.45. The molecule has 1 aliphatic rings. The fourth-order valence-electron chi connectivity index (χ4n) is 3.45. The zero-order chi connectivity index (χ0) is 16.9. The lowest BCUT2D eigenvalue weighted by Gasteiger charge is -2.36. The summed E-state index contributed by atoms with van der Waals surface area (Å²) in [4.78, 5) is 2.45. The lowest BCUT2D eigenvalue weighted by atomic mass is 9.96. The average molecular weight is 326 g/mol. The van der Waals surface area contributed by atoms with Crippen LogP contribution in [0, 0.1) is 0 Å². The first-order valence-corrected chi connectivity index (χ1v) is 8.58. The number of hydrogen-bond donors (Lipinski definition) is 1. The highest BCUT2D eigenvalue weighted by Gasteiger charge is 2.26. The Labute approximate surface area is 144 Å². The Kier molecular flexibility index (Phi) is 5.38. The minimum atomic E-state index is 0.144. The van der Waals surface area contributed by atoms with Crippen molar-refractivity contribution >= 4 is 0 Å². The lowest BCUT2D eigenvalue weighted by molar-refractivity contribution is 0.179. The summed E-state index contributed by atoms with van der Waals surface area (Å²) >= 11 is 0. The molecular weight excluding hydrogens is 300 g/mol. The van der Waals surface area contributed by atoms with E-state index in [0.717, 1.165) is 36.6 Å². The van der Waals surface area contributed by atoms with Gasteiger partial charge in [0.1, 0.15) is 11.5 Å². The van der Waals surface area contributed by atoms with Crippen molar-refractivity contribution in [1.82, 2.24) is 4.90 Å². The van der Waals surface area contributed by atoms with Crippen LogP contribution in [0.15, 0.2) is 42.5 Å². The summed E-state index contributed by atoms with van der Waals surface area (Å²) in [5, 5.41) is 0. The van der Waals surface area contributed by atoms with E-state index in [-0.39, 0.29) is 6.04 Å². The fraction of sp³-hybridized carbons (Fsp3) is 0.400. The number of nitrogens with two attached hydrogens (primary N) is 1. The maximum Gasteiger partial charge on any atom is 0.127 e. The molecule has 0 saturated heterocycles. The molecule has 1 aliphatic heterocycles. The Bertz CT molecular complexity index is 687. The second-order valence-corrected chi connectivity index (χ2v) is 6.08. The molecule has 2 N–H and O–H groups in total. The van der Waals surface area contributed by atoms with E-state index in [2.05, 4.69) is 35.2 Å². The maximum absolute atomic E-state index is 6.16. The molecule has 0 amide bonds. The molecule has 0 fully saturated rings. The third-order valence-electron chi connectivity index (χ3n) is 4.70. The van der Waals surface area contributed by atoms with Gasteiger partial charge >= 0.3 is 0 Å². The Morgan fingerprint density at radius 3 is 2.67 bits per heavy atom. The first-order chi connectivity index (χ1) is 11.8. The molecule has 0 aromatic heterocycles. The van der Waals surface area contributed by atoms with Crippen LogP contribution in [0.25, 0.3) is 0 Å². The van der Waals surface area contributed by atoms with Crippen LogP contribution in [0.2, 0.25) is 0 Å². The number of methoxy groups -OCH3 is 1. The van der Waals surface area contributed by atoms with Gasteiger partial charge in [-0.3, -0.25) is 4.90 Å². The Morgan fingerprint density at radius 2 is 1.96 bits per heavy atom. The van der Waals surface area contributed by atoms with Crippen LogP contribution in [0.1, 0.15) is 29.7 Å². The van der Waals surface area contributed by atoms with Crippen LogP contribution < -0.4 is 15.2 Å². The number of rotatable bonds is 6. The summed E-state index contributed by atoms with van der Waals surface area (Å²) in [6.07, 6.45) is 1.06. The molecule has 0 radical (unpaired) electrons. The van der Waals surface area contributed by atoms with E-state index in [9.17, 15) is 0 Å². The highest BCUT2D eigenvalue weighted by atomic mass is 16.5. The van der Waals surface area contributed by atoms with Crippen molar-refractivity contribution in [2.75, 3.05) is 26.8 Å². The van der Waals surface area contributed by atoms with Crippen molar-refractivity contribution in [2.45, 2.75) is 25.9 Å². The Balaban J connectivity index is 1.89. The van der Waals surface area contributed by atoms with E-state index in [1.807, 2.05) is 19.1 Å². The van der Waals surface area contributed by atoms with E-state index in [1.54, 1.807) is 7.11 Å². The van der Waals surface area contributed by atoms with Gasteiger partial charge in [0.15, 0.2) is 0 Å². The van der Waals surface area contributed by atoms with Crippen LogP contribution in [0.5, 0.6) is 11.5 Å². The van der Waals surface area contributed by atoms with Crippen LogP contribution in [-0.4, -0.2) is 31.7 Å². The summed E-state index contributed by atoms with van der Waals surface area (Å²) in [5.41, 5.74) is 10.1. The molecule has 4 heteroatoms. The molecule has 1 unspecified atom stereocenters. The molecule has 0 aliphatic carbocycles. The van der Waals surface area contributed by atoms with E-state index in [1.165, 1.54) is 11.1 Å². The molecule has 4 nitrogen and oxygen atoms in total. The van der Waals surface area contributed by atoms with Crippen molar-refractivity contribution in [2.24, 2.45) is 5.73 Å². The predicted molar refractivity (Wildman–Crippen MR) is 96.5 cm³/mol. The Hall–Kier alpha value is -2.04. The van der Waals surface area contributed by atoms with Crippen LogP contribution >= 0.6 is 0 Å². The zero-order valence-corrected chi connectivity index (χ0v) is 14.5. The van der Waals surface area contributed by atoms with Gasteiger partial charge in [-0.15, -0.1) is 0 Å². The minimum absolute atomic E-state index is 0.144. The van der Waals surface area contributed by atoms with E-state index in [4.69, 9.17) is 15.2 Å². The van der Waals surface area contributed by atoms with Gasteiger partial charge in [0.05, 0.1) is 19.8 Å². The van der Waals surface area contributed by atoms with Gasteiger partial charge in [0.25, 0.3) is 0 Å². The van der Waals surface area contributed by atoms with Gasteiger partial charge in [-0.05, 0) is 30.5 Å². The van der Waals surface area contributed by atoms with E-state index >= 15 is 0 Å². The minimum Gasteiger partial charge on any atom is -0.497 e. The zero-order valence-electron chi connectivity index (χ0n) is 14.5. The van der Waals surface area contributed by atoms with Gasteiger partial charge in [-0.25, -0.2) is 0 Å². The van der Waals surface area contributed by atoms with Crippen LogP contribution in [-0.2, 0) is 13.0 Å². The van der Waals surface area contributed by atoms with Crippen LogP contribution in [0.4, 0.5) is 0 Å². The molecular formula is C20H26N2O2. The maximum atomic E-state index is 6.16. The molecule has 128 valence electrons. The van der Waals surface area contributed by atoms with Gasteiger partial charge in [0, 0.05) is 31.3 Å². The normalized spacial score (nSPS) is 15.6. The first kappa shape index (κ1) is 16.8. The summed E-state index contributed by atoms with van der Waals surface area (Å²) in [6, 6.07) is 14.8. The summed E-state index contributed by atoms with van der Waals surface area (Å²) < 4.78 is 11.2. The number of fused-ring (bicyclic) bond motifs is 1. The monoisotopic (exact) mass is 326 g/mol. The average Bonchev–Trinajstić information content (AvgIpc) is 2.63. The van der Waals surface area contributed by atoms with E-state index < -0.39 is 0 Å². The third kappa shape index (κ3) is 3.40. The predicted octanol–water partition coefficient (Wildman–Crippen LogP) is 3.15. The molecule has 2 aromatic carbocycles. The second-order valence-electron chi connectivity index (χ2n) is 6.08. The van der Waals surface area contributed by atoms with Gasteiger partial charge in [-0.2, -0.15) is 0 Å². The highest BCUT2D eigenvalue weighted by Crippen LogP contribution is 2.34. The van der Waals surface area contributed by atoms with Gasteiger partial charge < -0.3 is 15.2 Å². The molecule has 0 bridgehead atoms. The second kappa shape index (κ2) is 7.69. The summed E-state index contributed by atoms with van der Waals surface area (Å²) in [7, 11) is 1.67. The highest BCUT2D eigenvalue weighted by molar-refractivity contribution is 5.43. The van der Waals surface area contributed by atoms with Gasteiger partial charge in [-0.1, -0.05) is 30.3 Å². The van der Waals surface area contributed by atoms with Gasteiger partial charge in [0.2, 0.25) is 0 Å². The molecule has 24 heavy (non-hydrogen) atoms. The van der Waals surface area contributed by atoms with Crippen LogP contribution in [0.3, 0.4) is 0 Å². The lowest BCUT2D eigenvalue weighted by Crippen LogP contribution is -2.37.